The van der Waals surface area contributed by atoms with Crippen LogP contribution in [0.4, 0.5) is 10.1 Å². The Morgan fingerprint density at radius 1 is 1.17 bits per heavy atom. The van der Waals surface area contributed by atoms with Gasteiger partial charge in [0.05, 0.1) is 18.2 Å². The number of guanidine groups is 1. The number of carboxylic acids is 1. The number of nitrogens with one attached hydrogen (secondary N) is 3. The number of hydrogen-bond donors (Lipinski definition) is 4. The molecule has 1 heterocycles. The molecule has 0 spiro atoms. The second-order valence-corrected chi connectivity index (χ2v) is 6.04. The Labute approximate surface area is 164 Å². The van der Waals surface area contributed by atoms with E-state index in [0.29, 0.717) is 11.3 Å². The number of carboxylic acid groups (broad SMARTS) is 1. The molecule has 1 unspecified atom stereocenters. The monoisotopic (exact) mass is 397 g/mol. The summed E-state index contributed by atoms with van der Waals surface area (Å²) in [5, 5.41) is 17.8. The van der Waals surface area contributed by atoms with Crippen molar-refractivity contribution >= 4 is 35.6 Å². The molecule has 1 aliphatic heterocycles. The van der Waals surface area contributed by atoms with Gasteiger partial charge in [-0.2, -0.15) is 5.10 Å². The Bertz CT molecular complexity index is 987. The van der Waals surface area contributed by atoms with Gasteiger partial charge in [0, 0.05) is 5.69 Å². The highest BCUT2D eigenvalue weighted by Gasteiger charge is 2.28. The standard InChI is InChI=1S/C19H16FN5O4/c20-13-5-1-11(2-6-13)10-21-25-19-23-15(17(27)24-19)9-16(26)22-14-7-3-12(4-8-14)18(28)29/h1-8,10,15H,9H2,(H,22,26)(H,28,29)(H2,23,24,25,27)/b21-10+. The number of aromatic carboxylic acids is 1. The van der Waals surface area contributed by atoms with Gasteiger partial charge < -0.3 is 10.4 Å². The lowest BCUT2D eigenvalue weighted by Crippen LogP contribution is -2.35. The molecule has 2 aromatic rings. The quantitative estimate of drug-likeness (QED) is 0.431. The Balaban J connectivity index is 1.53. The molecule has 9 nitrogen and oxygen atoms in total. The number of carbonyl (C=O) groups is 3. The molecule has 0 saturated heterocycles. The summed E-state index contributed by atoms with van der Waals surface area (Å²) in [4.78, 5) is 39.0. The van der Waals surface area contributed by atoms with Crippen molar-refractivity contribution in [3.63, 3.8) is 0 Å². The van der Waals surface area contributed by atoms with Crippen molar-refractivity contribution in [2.45, 2.75) is 12.5 Å². The molecule has 0 bridgehead atoms. The maximum atomic E-state index is 12.8. The number of hydrazone groups is 1. The van der Waals surface area contributed by atoms with E-state index >= 15 is 0 Å². The van der Waals surface area contributed by atoms with Crippen LogP contribution in [0, 0.1) is 5.82 Å². The minimum Gasteiger partial charge on any atom is -0.478 e. The van der Waals surface area contributed by atoms with Crippen molar-refractivity contribution in [1.82, 2.24) is 10.7 Å². The molecule has 1 atom stereocenters. The summed E-state index contributed by atoms with van der Waals surface area (Å²) >= 11 is 0. The summed E-state index contributed by atoms with van der Waals surface area (Å²) in [7, 11) is 0. The van der Waals surface area contributed by atoms with Crippen LogP contribution in [-0.2, 0) is 9.59 Å². The van der Waals surface area contributed by atoms with E-state index in [9.17, 15) is 18.8 Å². The van der Waals surface area contributed by atoms with Crippen LogP contribution in [0.1, 0.15) is 22.3 Å². The average Bonchev–Trinajstić information content (AvgIpc) is 3.03. The minimum atomic E-state index is -1.07. The highest BCUT2D eigenvalue weighted by atomic mass is 19.1. The fraction of sp³-hybridized carbons (Fsp3) is 0.105. The maximum absolute atomic E-state index is 12.8. The number of halogens is 1. The first kappa shape index (κ1) is 19.7. The Hall–Kier alpha value is -4.08. The largest absolute Gasteiger partial charge is 0.478 e. The van der Waals surface area contributed by atoms with Crippen LogP contribution in [0.3, 0.4) is 0 Å². The molecule has 4 N–H and O–H groups in total. The van der Waals surface area contributed by atoms with Gasteiger partial charge in [-0.1, -0.05) is 12.1 Å². The summed E-state index contributed by atoms with van der Waals surface area (Å²) in [5.74, 6) is -2.24. The number of nitrogens with zero attached hydrogens (tertiary/aromatic N) is 2. The number of benzene rings is 2. The van der Waals surface area contributed by atoms with E-state index in [4.69, 9.17) is 5.11 Å². The zero-order chi connectivity index (χ0) is 20.8. The van der Waals surface area contributed by atoms with Crippen LogP contribution in [0.5, 0.6) is 0 Å². The van der Waals surface area contributed by atoms with Gasteiger partial charge in [-0.15, -0.1) is 0 Å². The van der Waals surface area contributed by atoms with Gasteiger partial charge in [-0.3, -0.25) is 14.9 Å². The number of rotatable bonds is 6. The summed E-state index contributed by atoms with van der Waals surface area (Å²) in [6.45, 7) is 0. The first-order valence-corrected chi connectivity index (χ1v) is 8.47. The lowest BCUT2D eigenvalue weighted by Gasteiger charge is -2.07. The predicted octanol–water partition coefficient (Wildman–Crippen LogP) is 1.33. The third kappa shape index (κ3) is 5.45. The molecule has 3 rings (SSSR count). The number of hydrogen-bond acceptors (Lipinski definition) is 6. The molecule has 2 amide bonds. The molecule has 2 aromatic carbocycles. The van der Waals surface area contributed by atoms with E-state index in [1.165, 1.54) is 54.7 Å². The van der Waals surface area contributed by atoms with Gasteiger partial charge in [-0.05, 0) is 42.0 Å². The molecule has 148 valence electrons. The van der Waals surface area contributed by atoms with Crippen molar-refractivity contribution in [1.29, 1.82) is 0 Å². The van der Waals surface area contributed by atoms with Gasteiger partial charge in [0.2, 0.25) is 11.9 Å². The lowest BCUT2D eigenvalue weighted by molar-refractivity contribution is -0.123. The van der Waals surface area contributed by atoms with Gasteiger partial charge in [0.1, 0.15) is 11.9 Å². The van der Waals surface area contributed by atoms with Crippen molar-refractivity contribution in [2.75, 3.05) is 5.32 Å². The maximum Gasteiger partial charge on any atom is 0.335 e. The first-order valence-electron chi connectivity index (χ1n) is 8.47. The van der Waals surface area contributed by atoms with Crippen molar-refractivity contribution in [3.05, 3.63) is 65.5 Å². The van der Waals surface area contributed by atoms with Gasteiger partial charge in [0.25, 0.3) is 5.91 Å². The zero-order valence-corrected chi connectivity index (χ0v) is 14.9. The van der Waals surface area contributed by atoms with Crippen molar-refractivity contribution < 1.29 is 23.9 Å². The molecule has 10 heteroatoms. The van der Waals surface area contributed by atoms with Gasteiger partial charge >= 0.3 is 5.97 Å². The molecule has 0 saturated carbocycles. The smallest absolute Gasteiger partial charge is 0.335 e. The van der Waals surface area contributed by atoms with Gasteiger partial charge in [-0.25, -0.2) is 19.6 Å². The summed E-state index contributed by atoms with van der Waals surface area (Å²) in [6, 6.07) is 10.4. The zero-order valence-electron chi connectivity index (χ0n) is 14.9. The number of amides is 2. The second kappa shape index (κ2) is 8.74. The van der Waals surface area contributed by atoms with Crippen LogP contribution in [0.2, 0.25) is 0 Å². The van der Waals surface area contributed by atoms with E-state index < -0.39 is 23.8 Å². The van der Waals surface area contributed by atoms with E-state index in [1.54, 1.807) is 0 Å². The molecule has 0 fully saturated rings. The van der Waals surface area contributed by atoms with Crippen LogP contribution in [0.15, 0.2) is 58.6 Å². The third-order valence-corrected chi connectivity index (χ3v) is 3.88. The van der Waals surface area contributed by atoms with Crippen LogP contribution in [0.25, 0.3) is 0 Å². The van der Waals surface area contributed by atoms with Crippen molar-refractivity contribution in [3.8, 4) is 0 Å². The second-order valence-electron chi connectivity index (χ2n) is 6.04. The van der Waals surface area contributed by atoms with E-state index in [-0.39, 0.29) is 23.8 Å². The Morgan fingerprint density at radius 2 is 1.86 bits per heavy atom. The van der Waals surface area contributed by atoms with E-state index in [1.807, 2.05) is 0 Å². The average molecular weight is 397 g/mol. The summed E-state index contributed by atoms with van der Waals surface area (Å²) < 4.78 is 12.8. The van der Waals surface area contributed by atoms with Gasteiger partial charge in [0.15, 0.2) is 0 Å². The fourth-order valence-electron chi connectivity index (χ4n) is 2.44. The normalized spacial score (nSPS) is 15.7. The minimum absolute atomic E-state index is 0.0944. The topological polar surface area (TPSA) is 132 Å². The molecule has 0 aromatic heterocycles. The fourth-order valence-corrected chi connectivity index (χ4v) is 2.44. The SMILES string of the molecule is O=C(CC1N=C(N/N=C/c2ccc(F)cc2)NC1=O)Nc1ccc(C(=O)O)cc1. The van der Waals surface area contributed by atoms with Crippen LogP contribution >= 0.6 is 0 Å². The molecule has 0 aliphatic carbocycles. The lowest BCUT2D eigenvalue weighted by atomic mass is 10.2. The number of aliphatic imine (C=N–C) groups is 1. The van der Waals surface area contributed by atoms with Crippen molar-refractivity contribution in [2.24, 2.45) is 10.1 Å². The highest BCUT2D eigenvalue weighted by molar-refractivity contribution is 6.07. The van der Waals surface area contributed by atoms with Crippen LogP contribution < -0.4 is 16.1 Å². The molecule has 0 radical (unpaired) electrons. The number of carbonyl (C=O) groups excluding carboxylic acids is 2. The predicted molar refractivity (Wildman–Crippen MR) is 103 cm³/mol. The first-order chi connectivity index (χ1) is 13.9. The summed E-state index contributed by atoms with van der Waals surface area (Å²) in [5.41, 5.74) is 3.70. The number of anilines is 1. The molecule has 1 aliphatic rings. The van der Waals surface area contributed by atoms with E-state index in [2.05, 4.69) is 26.2 Å². The Morgan fingerprint density at radius 3 is 2.52 bits per heavy atom. The molecular weight excluding hydrogens is 381 g/mol. The highest BCUT2D eigenvalue weighted by Crippen LogP contribution is 2.12. The Kier molecular flexibility index (Phi) is 5.93. The van der Waals surface area contributed by atoms with E-state index in [0.717, 1.165) is 0 Å². The molecule has 29 heavy (non-hydrogen) atoms. The molecular formula is C19H16FN5O4. The third-order valence-electron chi connectivity index (χ3n) is 3.88. The van der Waals surface area contributed by atoms with Crippen LogP contribution in [-0.4, -0.2) is 41.1 Å². The summed E-state index contributed by atoms with van der Waals surface area (Å²) in [6.07, 6.45) is 1.23.